The summed E-state index contributed by atoms with van der Waals surface area (Å²) in [5.41, 5.74) is 1.11. The van der Waals surface area contributed by atoms with Crippen LogP contribution in [0.1, 0.15) is 41.1 Å². The quantitative estimate of drug-likeness (QED) is 0.684. The molecule has 0 bridgehead atoms. The van der Waals surface area contributed by atoms with Crippen molar-refractivity contribution in [3.05, 3.63) is 95.6 Å². The first-order valence-corrected chi connectivity index (χ1v) is 10.1. The lowest BCUT2D eigenvalue weighted by molar-refractivity contribution is -0.0515. The van der Waals surface area contributed by atoms with E-state index in [1.165, 1.54) is 0 Å². The smallest absolute Gasteiger partial charge is 0.137 e. The van der Waals surface area contributed by atoms with Gasteiger partial charge in [0.1, 0.15) is 5.60 Å². The summed E-state index contributed by atoms with van der Waals surface area (Å²) >= 11 is 0. The van der Waals surface area contributed by atoms with E-state index < -0.39 is 17.7 Å². The Balaban J connectivity index is 1.94. The van der Waals surface area contributed by atoms with Crippen molar-refractivity contribution in [3.8, 4) is 6.07 Å². The van der Waals surface area contributed by atoms with Crippen molar-refractivity contribution < 1.29 is 10.2 Å². The molecule has 1 aliphatic heterocycles. The van der Waals surface area contributed by atoms with Crippen LogP contribution >= 0.6 is 0 Å². The Kier molecular flexibility index (Phi) is 5.86. The van der Waals surface area contributed by atoms with E-state index >= 15 is 0 Å². The van der Waals surface area contributed by atoms with E-state index in [4.69, 9.17) is 0 Å². The van der Waals surface area contributed by atoms with Gasteiger partial charge in [-0.2, -0.15) is 5.26 Å². The number of pyridine rings is 2. The van der Waals surface area contributed by atoms with Crippen LogP contribution in [0.15, 0.2) is 73.3 Å². The highest BCUT2D eigenvalue weighted by Crippen LogP contribution is 2.45. The standard InChI is InChI=1S/C24H24N4O2/c25-14-18-5-1-6-19(13-18)23(28-12-4-9-22(29)17-28)24(30,20-7-2-10-26-15-20)21-8-3-11-27-16-21/h1-3,5-8,10-11,13,15-16,22-23,29-30H,4,9,12,17H2. The molecule has 2 unspecified atom stereocenters. The van der Waals surface area contributed by atoms with Crippen molar-refractivity contribution in [2.24, 2.45) is 0 Å². The molecule has 6 heteroatoms. The van der Waals surface area contributed by atoms with Gasteiger partial charge in [0.15, 0.2) is 0 Å². The minimum Gasteiger partial charge on any atom is -0.392 e. The Morgan fingerprint density at radius 3 is 2.33 bits per heavy atom. The van der Waals surface area contributed by atoms with Crippen LogP contribution in [0.5, 0.6) is 0 Å². The van der Waals surface area contributed by atoms with E-state index in [0.29, 0.717) is 23.2 Å². The van der Waals surface area contributed by atoms with Crippen LogP contribution in [-0.4, -0.2) is 44.3 Å². The van der Waals surface area contributed by atoms with E-state index in [2.05, 4.69) is 20.9 Å². The van der Waals surface area contributed by atoms with E-state index in [-0.39, 0.29) is 0 Å². The molecule has 152 valence electrons. The van der Waals surface area contributed by atoms with Gasteiger partial charge < -0.3 is 10.2 Å². The first-order chi connectivity index (χ1) is 14.6. The van der Waals surface area contributed by atoms with Crippen LogP contribution in [0.25, 0.3) is 0 Å². The number of benzene rings is 1. The average Bonchev–Trinajstić information content (AvgIpc) is 2.80. The van der Waals surface area contributed by atoms with Crippen molar-refractivity contribution in [1.82, 2.24) is 14.9 Å². The number of aromatic nitrogens is 2. The van der Waals surface area contributed by atoms with Crippen LogP contribution in [0.3, 0.4) is 0 Å². The SMILES string of the molecule is N#Cc1cccc(C(N2CCCC(O)C2)C(O)(c2cccnc2)c2cccnc2)c1. The number of hydrogen-bond acceptors (Lipinski definition) is 6. The minimum absolute atomic E-state index is 0.435. The van der Waals surface area contributed by atoms with Gasteiger partial charge in [0.25, 0.3) is 0 Å². The Morgan fingerprint density at radius 2 is 1.77 bits per heavy atom. The maximum absolute atomic E-state index is 12.4. The second kappa shape index (κ2) is 8.72. The summed E-state index contributed by atoms with van der Waals surface area (Å²) in [5, 5.41) is 32.2. The highest BCUT2D eigenvalue weighted by atomic mass is 16.3. The van der Waals surface area contributed by atoms with Crippen molar-refractivity contribution in [2.75, 3.05) is 13.1 Å². The van der Waals surface area contributed by atoms with Crippen molar-refractivity contribution in [2.45, 2.75) is 30.6 Å². The van der Waals surface area contributed by atoms with Crippen molar-refractivity contribution in [3.63, 3.8) is 0 Å². The summed E-state index contributed by atoms with van der Waals surface area (Å²) in [6, 6.07) is 16.3. The predicted octanol–water partition coefficient (Wildman–Crippen LogP) is 2.78. The molecule has 1 saturated heterocycles. The fourth-order valence-electron chi connectivity index (χ4n) is 4.37. The Bertz CT molecular complexity index is 981. The molecule has 1 aliphatic rings. The lowest BCUT2D eigenvalue weighted by Gasteiger charge is -2.46. The molecule has 0 aliphatic carbocycles. The summed E-state index contributed by atoms with van der Waals surface area (Å²) in [7, 11) is 0. The van der Waals surface area contributed by atoms with Crippen LogP contribution in [0, 0.1) is 11.3 Å². The zero-order valence-electron chi connectivity index (χ0n) is 16.6. The monoisotopic (exact) mass is 400 g/mol. The van der Waals surface area contributed by atoms with Gasteiger partial charge in [-0.05, 0) is 49.2 Å². The largest absolute Gasteiger partial charge is 0.392 e. The van der Waals surface area contributed by atoms with Crippen LogP contribution in [0.4, 0.5) is 0 Å². The third-order valence-corrected chi connectivity index (χ3v) is 5.72. The van der Waals surface area contributed by atoms with Crippen molar-refractivity contribution >= 4 is 0 Å². The molecule has 0 spiro atoms. The van der Waals surface area contributed by atoms with Gasteiger partial charge in [0.05, 0.1) is 23.8 Å². The van der Waals surface area contributed by atoms with Gasteiger partial charge in [-0.15, -0.1) is 0 Å². The summed E-state index contributed by atoms with van der Waals surface area (Å²) in [5.74, 6) is 0. The number of rotatable bonds is 5. The molecule has 0 saturated carbocycles. The van der Waals surface area contributed by atoms with Gasteiger partial charge in [-0.1, -0.05) is 24.3 Å². The Hall–Kier alpha value is -3.11. The van der Waals surface area contributed by atoms with Gasteiger partial charge in [0.2, 0.25) is 0 Å². The number of aliphatic hydroxyl groups excluding tert-OH is 1. The molecule has 4 rings (SSSR count). The number of aliphatic hydroxyl groups is 2. The maximum atomic E-state index is 12.4. The molecule has 2 N–H and O–H groups in total. The summed E-state index contributed by atoms with van der Waals surface area (Å²) in [6.07, 6.45) is 7.76. The first kappa shape index (κ1) is 20.2. The maximum Gasteiger partial charge on any atom is 0.137 e. The second-order valence-corrected chi connectivity index (χ2v) is 7.68. The molecule has 3 aromatic rings. The molecule has 2 aromatic heterocycles. The van der Waals surface area contributed by atoms with E-state index in [1.807, 2.05) is 30.3 Å². The minimum atomic E-state index is -1.48. The van der Waals surface area contributed by atoms with E-state index in [1.54, 1.807) is 43.0 Å². The average molecular weight is 400 g/mol. The number of β-amino-alcohol motifs (C(OH)–C–C–N with tert-alkyl or cyclic N) is 1. The highest BCUT2D eigenvalue weighted by molar-refractivity contribution is 5.42. The van der Waals surface area contributed by atoms with E-state index in [0.717, 1.165) is 24.9 Å². The zero-order chi connectivity index (χ0) is 21.0. The molecular formula is C24H24N4O2. The topological polar surface area (TPSA) is 93.3 Å². The molecule has 1 fully saturated rings. The molecule has 2 atom stereocenters. The lowest BCUT2D eigenvalue weighted by atomic mass is 9.76. The predicted molar refractivity (Wildman–Crippen MR) is 112 cm³/mol. The normalized spacial score (nSPS) is 18.5. The number of hydrogen-bond donors (Lipinski definition) is 2. The third-order valence-electron chi connectivity index (χ3n) is 5.72. The zero-order valence-corrected chi connectivity index (χ0v) is 16.6. The summed E-state index contributed by atoms with van der Waals surface area (Å²) in [4.78, 5) is 10.6. The number of piperidine rings is 1. The molecular weight excluding hydrogens is 376 g/mol. The first-order valence-electron chi connectivity index (χ1n) is 10.1. The van der Waals surface area contributed by atoms with Crippen molar-refractivity contribution in [1.29, 1.82) is 5.26 Å². The molecule has 0 radical (unpaired) electrons. The number of likely N-dealkylation sites (tertiary alicyclic amines) is 1. The summed E-state index contributed by atoms with van der Waals surface area (Å²) in [6.45, 7) is 1.16. The number of nitrogens with zero attached hydrogens (tertiary/aromatic N) is 4. The third kappa shape index (κ3) is 3.83. The molecule has 1 aromatic carbocycles. The van der Waals surface area contributed by atoms with E-state index in [9.17, 15) is 15.5 Å². The molecule has 6 nitrogen and oxygen atoms in total. The Morgan fingerprint density at radius 1 is 1.07 bits per heavy atom. The van der Waals surface area contributed by atoms with Crippen LogP contribution < -0.4 is 0 Å². The lowest BCUT2D eigenvalue weighted by Crippen LogP contribution is -2.50. The molecule has 30 heavy (non-hydrogen) atoms. The highest BCUT2D eigenvalue weighted by Gasteiger charge is 2.45. The van der Waals surface area contributed by atoms with Gasteiger partial charge in [-0.3, -0.25) is 14.9 Å². The number of nitriles is 1. The van der Waals surface area contributed by atoms with Gasteiger partial charge in [0, 0.05) is 42.5 Å². The fourth-order valence-corrected chi connectivity index (χ4v) is 4.37. The van der Waals surface area contributed by atoms with Crippen LogP contribution in [0.2, 0.25) is 0 Å². The molecule has 3 heterocycles. The second-order valence-electron chi connectivity index (χ2n) is 7.68. The van der Waals surface area contributed by atoms with Gasteiger partial charge >= 0.3 is 0 Å². The fraction of sp³-hybridized carbons (Fsp3) is 0.292. The van der Waals surface area contributed by atoms with Crippen LogP contribution in [-0.2, 0) is 5.60 Å². The van der Waals surface area contributed by atoms with Gasteiger partial charge in [-0.25, -0.2) is 0 Å². The Labute approximate surface area is 176 Å². The molecule has 0 amide bonds. The summed E-state index contributed by atoms with van der Waals surface area (Å²) < 4.78 is 0.